The van der Waals surface area contributed by atoms with Crippen LogP contribution in [0.25, 0.3) is 0 Å². The van der Waals surface area contributed by atoms with E-state index in [0.29, 0.717) is 27.3 Å². The molecule has 0 saturated carbocycles. The number of amidine groups is 1. The summed E-state index contributed by atoms with van der Waals surface area (Å²) < 4.78 is 6.85. The maximum atomic E-state index is 11.6. The molecule has 0 aromatic heterocycles. The van der Waals surface area contributed by atoms with Gasteiger partial charge < -0.3 is 10.1 Å². The smallest absolute Gasteiger partial charge is 0.396 e. The standard InChI is InChI=1S/C18H14ClN5O2S/c19-12-4-2-1-3-11(12)17-16(23-24(9-20)18(21)27-17)10-5-6-14-13(7-10)22-15(25)8-26-14/h1-7,9,17,20-21H,8H2,(H,22,25)/p+2. The van der Waals surface area contributed by atoms with Crippen molar-refractivity contribution in [2.75, 3.05) is 11.9 Å². The number of nitrogens with zero attached hydrogens (tertiary/aromatic N) is 2. The molecule has 5 N–H and O–H groups in total. The van der Waals surface area contributed by atoms with Crippen molar-refractivity contribution < 1.29 is 19.6 Å². The van der Waals surface area contributed by atoms with Gasteiger partial charge in [0, 0.05) is 10.6 Å². The predicted octanol–water partition coefficient (Wildman–Crippen LogP) is 0.978. The maximum absolute atomic E-state index is 11.6. The summed E-state index contributed by atoms with van der Waals surface area (Å²) in [5.41, 5.74) is 8.66. The van der Waals surface area contributed by atoms with Crippen molar-refractivity contribution in [1.82, 2.24) is 0 Å². The van der Waals surface area contributed by atoms with Crippen molar-refractivity contribution in [3.63, 3.8) is 0 Å². The molecule has 2 aliphatic heterocycles. The number of rotatable bonds is 2. The number of hydrazone groups is 1. The van der Waals surface area contributed by atoms with Gasteiger partial charge in [-0.15, -0.1) is 0 Å². The first kappa shape index (κ1) is 17.6. The number of nitrogens with one attached hydrogen (secondary N) is 1. The Morgan fingerprint density at radius 3 is 2.96 bits per heavy atom. The van der Waals surface area contributed by atoms with E-state index in [2.05, 4.69) is 10.4 Å². The van der Waals surface area contributed by atoms with Crippen LogP contribution in [0.15, 0.2) is 47.6 Å². The molecular weight excluding hydrogens is 386 g/mol. The van der Waals surface area contributed by atoms with Crippen molar-refractivity contribution in [1.29, 1.82) is 0 Å². The molecule has 1 unspecified atom stereocenters. The molecule has 2 heterocycles. The minimum atomic E-state index is -0.229. The monoisotopic (exact) mass is 401 g/mol. The van der Waals surface area contributed by atoms with Crippen LogP contribution in [0, 0.1) is 0 Å². The molecule has 9 heteroatoms. The van der Waals surface area contributed by atoms with Crippen molar-refractivity contribution in [2.45, 2.75) is 5.25 Å². The van der Waals surface area contributed by atoms with Gasteiger partial charge in [0.1, 0.15) is 11.5 Å². The SMILES string of the molecule is NC=[N+]1N=C(c2ccc3c(c2)NC(=O)CO3)C(c2ccccc2Cl)SC1=[NH2+]. The number of nitrogens with two attached hydrogens (primary N) is 2. The number of fused-ring (bicyclic) bond motifs is 1. The lowest BCUT2D eigenvalue weighted by molar-refractivity contribution is -0.440. The van der Waals surface area contributed by atoms with Gasteiger partial charge >= 0.3 is 11.5 Å². The van der Waals surface area contributed by atoms with Crippen LogP contribution >= 0.6 is 23.4 Å². The van der Waals surface area contributed by atoms with Crippen molar-refractivity contribution in [3.8, 4) is 5.75 Å². The zero-order valence-corrected chi connectivity index (χ0v) is 15.6. The van der Waals surface area contributed by atoms with Crippen LogP contribution in [0.3, 0.4) is 0 Å². The second-order valence-corrected chi connectivity index (χ2v) is 7.42. The van der Waals surface area contributed by atoms with E-state index in [-0.39, 0.29) is 17.8 Å². The van der Waals surface area contributed by atoms with Crippen LogP contribution in [-0.2, 0) is 4.79 Å². The molecule has 0 spiro atoms. The molecule has 7 nitrogen and oxygen atoms in total. The molecule has 27 heavy (non-hydrogen) atoms. The molecule has 2 aliphatic rings. The van der Waals surface area contributed by atoms with Crippen LogP contribution in [-0.4, -0.2) is 34.4 Å². The second kappa shape index (κ2) is 7.05. The molecule has 0 bridgehead atoms. The summed E-state index contributed by atoms with van der Waals surface area (Å²) in [6, 6.07) is 13.1. The minimum Gasteiger partial charge on any atom is -0.482 e. The fraction of sp³-hybridized carbons (Fsp3) is 0.111. The van der Waals surface area contributed by atoms with Gasteiger partial charge in [0.25, 0.3) is 5.91 Å². The third-order valence-electron chi connectivity index (χ3n) is 4.17. The van der Waals surface area contributed by atoms with E-state index >= 15 is 0 Å². The lowest BCUT2D eigenvalue weighted by atomic mass is 10.0. The third kappa shape index (κ3) is 3.29. The van der Waals surface area contributed by atoms with Gasteiger partial charge in [-0.1, -0.05) is 29.8 Å². The first-order valence-electron chi connectivity index (χ1n) is 8.10. The fourth-order valence-corrected chi connectivity index (χ4v) is 4.29. The van der Waals surface area contributed by atoms with E-state index in [4.69, 9.17) is 27.5 Å². The summed E-state index contributed by atoms with van der Waals surface area (Å²) in [7, 11) is 0. The highest BCUT2D eigenvalue weighted by atomic mass is 35.5. The Balaban J connectivity index is 1.84. The molecule has 0 radical (unpaired) electrons. The van der Waals surface area contributed by atoms with Crippen molar-refractivity contribution >= 4 is 52.2 Å². The molecule has 2 aromatic carbocycles. The van der Waals surface area contributed by atoms with Gasteiger partial charge in [0.2, 0.25) is 0 Å². The van der Waals surface area contributed by atoms with Gasteiger partial charge in [-0.2, -0.15) is 0 Å². The number of thioether (sulfide) groups is 1. The summed E-state index contributed by atoms with van der Waals surface area (Å²) in [4.78, 5) is 11.6. The summed E-state index contributed by atoms with van der Waals surface area (Å²) >= 11 is 7.82. The van der Waals surface area contributed by atoms with E-state index in [1.54, 1.807) is 6.07 Å². The molecule has 0 saturated heterocycles. The maximum Gasteiger partial charge on any atom is 0.396 e. The lowest BCUT2D eigenvalue weighted by Crippen LogP contribution is -2.47. The molecule has 4 rings (SSSR count). The topological polar surface area (TPSA) is 105 Å². The Morgan fingerprint density at radius 1 is 1.37 bits per heavy atom. The molecule has 0 fully saturated rings. The van der Waals surface area contributed by atoms with E-state index in [1.807, 2.05) is 36.4 Å². The highest BCUT2D eigenvalue weighted by molar-refractivity contribution is 8.14. The van der Waals surface area contributed by atoms with Gasteiger partial charge in [-0.3, -0.25) is 10.5 Å². The molecule has 136 valence electrons. The lowest BCUT2D eigenvalue weighted by Gasteiger charge is -2.23. The number of hydrogen-bond acceptors (Lipinski definition) is 4. The molecule has 0 aliphatic carbocycles. The summed E-state index contributed by atoms with van der Waals surface area (Å²) in [6.07, 6.45) is 1.30. The minimum absolute atomic E-state index is 0.00674. The number of hydrogen-bond donors (Lipinski definition) is 3. The predicted molar refractivity (Wildman–Crippen MR) is 106 cm³/mol. The van der Waals surface area contributed by atoms with E-state index in [9.17, 15) is 4.79 Å². The van der Waals surface area contributed by atoms with Gasteiger partial charge in [-0.05, 0) is 51.4 Å². The Labute approximate surface area is 164 Å². The number of carbonyl (C=O) groups excluding carboxylic acids is 1. The van der Waals surface area contributed by atoms with Gasteiger partial charge in [0.15, 0.2) is 6.61 Å². The Bertz CT molecular complexity index is 1020. The fourth-order valence-electron chi connectivity index (χ4n) is 2.91. The normalized spacial score (nSPS) is 20.6. The van der Waals surface area contributed by atoms with Gasteiger partial charge in [0.05, 0.1) is 10.9 Å². The van der Waals surface area contributed by atoms with Crippen molar-refractivity contribution in [3.05, 3.63) is 58.6 Å². The van der Waals surface area contributed by atoms with E-state index < -0.39 is 0 Å². The average molecular weight is 402 g/mol. The number of amides is 1. The van der Waals surface area contributed by atoms with Crippen molar-refractivity contribution in [2.24, 2.45) is 10.8 Å². The number of anilines is 1. The Hall–Kier alpha value is -2.84. The molecular formula is C18H16ClN5O2S+2. The van der Waals surface area contributed by atoms with Crippen LogP contribution in [0.1, 0.15) is 16.4 Å². The summed E-state index contributed by atoms with van der Waals surface area (Å²) in [5, 5.41) is 14.3. The second-order valence-electron chi connectivity index (χ2n) is 5.88. The summed E-state index contributed by atoms with van der Waals surface area (Å²) in [6.45, 7) is 0.00674. The Morgan fingerprint density at radius 2 is 2.19 bits per heavy atom. The van der Waals surface area contributed by atoms with Gasteiger partial charge in [-0.25, -0.2) is 5.41 Å². The zero-order valence-electron chi connectivity index (χ0n) is 14.1. The number of carbonyl (C=O) groups is 1. The van der Waals surface area contributed by atoms with Crippen LogP contribution in [0.2, 0.25) is 5.02 Å². The number of halogens is 1. The van der Waals surface area contributed by atoms with E-state index in [1.165, 1.54) is 22.8 Å². The summed E-state index contributed by atoms with van der Waals surface area (Å²) in [5.74, 6) is 0.418. The highest BCUT2D eigenvalue weighted by Crippen LogP contribution is 2.40. The molecule has 1 amide bonds. The van der Waals surface area contributed by atoms with Crippen LogP contribution in [0.4, 0.5) is 5.69 Å². The van der Waals surface area contributed by atoms with Crippen LogP contribution in [0.5, 0.6) is 5.75 Å². The first-order valence-corrected chi connectivity index (χ1v) is 9.36. The molecule has 2 aromatic rings. The third-order valence-corrected chi connectivity index (χ3v) is 5.65. The quantitative estimate of drug-likeness (QED) is 0.515. The zero-order chi connectivity index (χ0) is 19.0. The number of ether oxygens (including phenoxy) is 1. The molecule has 1 atom stereocenters. The first-order chi connectivity index (χ1) is 13.1. The highest BCUT2D eigenvalue weighted by Gasteiger charge is 2.36. The average Bonchev–Trinajstić information content (AvgIpc) is 2.67. The largest absolute Gasteiger partial charge is 0.482 e. The van der Waals surface area contributed by atoms with Crippen LogP contribution < -0.4 is 21.2 Å². The van der Waals surface area contributed by atoms with E-state index in [0.717, 1.165) is 11.1 Å². The number of benzene rings is 2. The Kier molecular flexibility index (Phi) is 4.59.